The first kappa shape index (κ1) is 20.3. The van der Waals surface area contributed by atoms with Gasteiger partial charge in [-0.15, -0.1) is 0 Å². The third-order valence-corrected chi connectivity index (χ3v) is 3.74. The van der Waals surface area contributed by atoms with E-state index in [-0.39, 0.29) is 6.42 Å². The summed E-state index contributed by atoms with van der Waals surface area (Å²) in [4.78, 5) is 23.0. The molecule has 0 aromatic heterocycles. The second-order valence-electron chi connectivity index (χ2n) is 6.01. The number of ether oxygens (including phenoxy) is 2. The molecule has 2 amide bonds. The maximum absolute atomic E-state index is 12.3. The van der Waals surface area contributed by atoms with Crippen molar-refractivity contribution in [3.05, 3.63) is 53.6 Å². The molecule has 0 spiro atoms. The average Bonchev–Trinajstić information content (AvgIpc) is 2.62. The van der Waals surface area contributed by atoms with E-state index in [0.29, 0.717) is 36.8 Å². The van der Waals surface area contributed by atoms with Gasteiger partial charge in [0.05, 0.1) is 12.3 Å². The quantitative estimate of drug-likeness (QED) is 0.584. The van der Waals surface area contributed by atoms with E-state index in [1.165, 1.54) is 0 Å². The molecule has 3 N–H and O–H groups in total. The van der Waals surface area contributed by atoms with Crippen LogP contribution in [-0.2, 0) is 16.0 Å². The van der Waals surface area contributed by atoms with Crippen molar-refractivity contribution < 1.29 is 24.2 Å². The molecule has 0 saturated carbocycles. The van der Waals surface area contributed by atoms with Gasteiger partial charge >= 0.3 is 12.0 Å². The summed E-state index contributed by atoms with van der Waals surface area (Å²) >= 11 is 0. The molecule has 2 aromatic carbocycles. The van der Waals surface area contributed by atoms with Crippen LogP contribution in [0, 0.1) is 6.92 Å². The number of hydrogen-bond acceptors (Lipinski definition) is 4. The van der Waals surface area contributed by atoms with E-state index >= 15 is 0 Å². The van der Waals surface area contributed by atoms with Crippen molar-refractivity contribution in [2.75, 3.05) is 31.0 Å². The summed E-state index contributed by atoms with van der Waals surface area (Å²) in [6.07, 6.45) is 0.448. The highest BCUT2D eigenvalue weighted by molar-refractivity contribution is 6.00. The first-order valence-corrected chi connectivity index (χ1v) is 8.59. The molecule has 0 saturated heterocycles. The number of benzene rings is 2. The lowest BCUT2D eigenvalue weighted by Crippen LogP contribution is -2.20. The summed E-state index contributed by atoms with van der Waals surface area (Å²) in [5, 5.41) is 14.3. The zero-order valence-corrected chi connectivity index (χ0v) is 15.5. The van der Waals surface area contributed by atoms with E-state index in [1.54, 1.807) is 31.4 Å². The number of hydrogen-bond donors (Lipinski definition) is 3. The summed E-state index contributed by atoms with van der Waals surface area (Å²) < 4.78 is 10.6. The number of anilines is 2. The number of carboxylic acid groups (broad SMARTS) is 1. The van der Waals surface area contributed by atoms with Crippen LogP contribution in [0.25, 0.3) is 0 Å². The highest BCUT2D eigenvalue weighted by Crippen LogP contribution is 2.26. The van der Waals surface area contributed by atoms with Gasteiger partial charge in [-0.25, -0.2) is 4.79 Å². The largest absolute Gasteiger partial charge is 0.489 e. The number of aryl methyl sites for hydroxylation is 2. The number of aliphatic carboxylic acids is 1. The Labute approximate surface area is 158 Å². The minimum absolute atomic E-state index is 0.0428. The second kappa shape index (κ2) is 10.2. The van der Waals surface area contributed by atoms with Crippen molar-refractivity contribution in [3.8, 4) is 5.75 Å². The maximum Gasteiger partial charge on any atom is 0.323 e. The standard InChI is InChI=1S/C20H24N2O5/c1-14-6-8-17(18(12-14)27-11-10-26-2)22-20(25)21-16-5-3-4-15(13-16)7-9-19(23)24/h3-6,8,12-13H,7,9-11H2,1-2H3,(H,23,24)(H2,21,22,25). The zero-order valence-electron chi connectivity index (χ0n) is 15.5. The summed E-state index contributed by atoms with van der Waals surface area (Å²) in [7, 11) is 1.59. The minimum Gasteiger partial charge on any atom is -0.489 e. The number of carbonyl (C=O) groups is 2. The smallest absolute Gasteiger partial charge is 0.323 e. The lowest BCUT2D eigenvalue weighted by atomic mass is 10.1. The van der Waals surface area contributed by atoms with E-state index in [0.717, 1.165) is 11.1 Å². The molecule has 0 radical (unpaired) electrons. The van der Waals surface area contributed by atoms with E-state index in [9.17, 15) is 9.59 Å². The van der Waals surface area contributed by atoms with Gasteiger partial charge in [0.15, 0.2) is 0 Å². The second-order valence-corrected chi connectivity index (χ2v) is 6.01. The Morgan fingerprint density at radius 3 is 2.63 bits per heavy atom. The fraction of sp³-hybridized carbons (Fsp3) is 0.300. The molecule has 144 valence electrons. The van der Waals surface area contributed by atoms with Gasteiger partial charge in [0.2, 0.25) is 0 Å². The topological polar surface area (TPSA) is 96.9 Å². The summed E-state index contributed by atoms with van der Waals surface area (Å²) in [5.41, 5.74) is 2.99. The van der Waals surface area contributed by atoms with Gasteiger partial charge < -0.3 is 25.2 Å². The maximum atomic E-state index is 12.3. The molecule has 2 rings (SSSR count). The Morgan fingerprint density at radius 2 is 1.89 bits per heavy atom. The number of nitrogens with one attached hydrogen (secondary N) is 2. The SMILES string of the molecule is COCCOc1cc(C)ccc1NC(=O)Nc1cccc(CCC(=O)O)c1. The van der Waals surface area contributed by atoms with Crippen molar-refractivity contribution in [3.63, 3.8) is 0 Å². The predicted molar refractivity (Wildman–Crippen MR) is 104 cm³/mol. The van der Waals surface area contributed by atoms with Crippen molar-refractivity contribution in [2.24, 2.45) is 0 Å². The summed E-state index contributed by atoms with van der Waals surface area (Å²) in [6, 6.07) is 12.2. The Hall–Kier alpha value is -3.06. The summed E-state index contributed by atoms with van der Waals surface area (Å²) in [5.74, 6) is -0.288. The van der Waals surface area contributed by atoms with Crippen LogP contribution in [0.2, 0.25) is 0 Å². The molecule has 0 aliphatic heterocycles. The summed E-state index contributed by atoms with van der Waals surface area (Å²) in [6.45, 7) is 2.76. The van der Waals surface area contributed by atoms with Crippen LogP contribution in [0.5, 0.6) is 5.75 Å². The first-order chi connectivity index (χ1) is 13.0. The minimum atomic E-state index is -0.855. The van der Waals surface area contributed by atoms with Gasteiger partial charge in [-0.2, -0.15) is 0 Å². The van der Waals surface area contributed by atoms with E-state index in [2.05, 4.69) is 10.6 Å². The zero-order chi connectivity index (χ0) is 19.6. The molecule has 0 fully saturated rings. The normalized spacial score (nSPS) is 10.3. The fourth-order valence-electron chi connectivity index (χ4n) is 2.43. The highest BCUT2D eigenvalue weighted by Gasteiger charge is 2.09. The third-order valence-electron chi connectivity index (χ3n) is 3.74. The van der Waals surface area contributed by atoms with E-state index in [4.69, 9.17) is 14.6 Å². The number of methoxy groups -OCH3 is 1. The molecule has 0 unspecified atom stereocenters. The van der Waals surface area contributed by atoms with Gasteiger partial charge in [0.25, 0.3) is 0 Å². The predicted octanol–water partition coefficient (Wildman–Crippen LogP) is 3.68. The molecule has 27 heavy (non-hydrogen) atoms. The molecule has 0 heterocycles. The van der Waals surface area contributed by atoms with Gasteiger partial charge in [-0.1, -0.05) is 18.2 Å². The molecular weight excluding hydrogens is 348 g/mol. The van der Waals surface area contributed by atoms with Gasteiger partial charge in [-0.3, -0.25) is 4.79 Å². The Balaban J connectivity index is 2.01. The van der Waals surface area contributed by atoms with Crippen molar-refractivity contribution in [1.82, 2.24) is 0 Å². The number of urea groups is 1. The lowest BCUT2D eigenvalue weighted by Gasteiger charge is -2.14. The van der Waals surface area contributed by atoms with E-state index < -0.39 is 12.0 Å². The molecule has 0 aliphatic rings. The van der Waals surface area contributed by atoms with Crippen LogP contribution in [0.3, 0.4) is 0 Å². The Morgan fingerprint density at radius 1 is 1.07 bits per heavy atom. The molecular formula is C20H24N2O5. The lowest BCUT2D eigenvalue weighted by molar-refractivity contribution is -0.136. The van der Waals surface area contributed by atoms with Crippen LogP contribution in [0.15, 0.2) is 42.5 Å². The monoisotopic (exact) mass is 372 g/mol. The molecule has 7 heteroatoms. The average molecular weight is 372 g/mol. The van der Waals surface area contributed by atoms with Crippen LogP contribution < -0.4 is 15.4 Å². The first-order valence-electron chi connectivity index (χ1n) is 8.59. The highest BCUT2D eigenvalue weighted by atomic mass is 16.5. The number of rotatable bonds is 9. The van der Waals surface area contributed by atoms with Crippen molar-refractivity contribution in [1.29, 1.82) is 0 Å². The Bertz CT molecular complexity index is 792. The number of carboxylic acids is 1. The van der Waals surface area contributed by atoms with Crippen molar-refractivity contribution >= 4 is 23.4 Å². The van der Waals surface area contributed by atoms with E-state index in [1.807, 2.05) is 25.1 Å². The molecule has 0 aliphatic carbocycles. The van der Waals surface area contributed by atoms with Crippen LogP contribution in [0.1, 0.15) is 17.5 Å². The molecule has 7 nitrogen and oxygen atoms in total. The van der Waals surface area contributed by atoms with Crippen LogP contribution in [-0.4, -0.2) is 37.4 Å². The Kier molecular flexibility index (Phi) is 7.63. The van der Waals surface area contributed by atoms with Gasteiger partial charge in [0, 0.05) is 19.2 Å². The van der Waals surface area contributed by atoms with Crippen LogP contribution >= 0.6 is 0 Å². The fourth-order valence-corrected chi connectivity index (χ4v) is 2.43. The third kappa shape index (κ3) is 6.99. The van der Waals surface area contributed by atoms with Gasteiger partial charge in [0.1, 0.15) is 12.4 Å². The van der Waals surface area contributed by atoms with Crippen LogP contribution in [0.4, 0.5) is 16.2 Å². The number of amides is 2. The van der Waals surface area contributed by atoms with Gasteiger partial charge in [-0.05, 0) is 48.7 Å². The molecule has 2 aromatic rings. The molecule has 0 bridgehead atoms. The van der Waals surface area contributed by atoms with Crippen molar-refractivity contribution in [2.45, 2.75) is 19.8 Å². The number of carbonyl (C=O) groups excluding carboxylic acids is 1. The molecule has 0 atom stereocenters.